The van der Waals surface area contributed by atoms with Crippen LogP contribution >= 0.6 is 11.6 Å². The van der Waals surface area contributed by atoms with Gasteiger partial charge in [-0.25, -0.2) is 12.8 Å². The van der Waals surface area contributed by atoms with Crippen LogP contribution in [-0.4, -0.2) is 50.0 Å². The lowest BCUT2D eigenvalue weighted by Crippen LogP contribution is -2.50. The number of amides is 2. The Morgan fingerprint density at radius 3 is 2.38 bits per heavy atom. The molecule has 1 atom stereocenters. The van der Waals surface area contributed by atoms with E-state index in [1.165, 1.54) is 23.1 Å². The predicted molar refractivity (Wildman–Crippen MR) is 144 cm³/mol. The van der Waals surface area contributed by atoms with Crippen LogP contribution < -0.4 is 9.62 Å². The van der Waals surface area contributed by atoms with Gasteiger partial charge in [-0.15, -0.1) is 0 Å². The van der Waals surface area contributed by atoms with E-state index in [4.69, 9.17) is 11.6 Å². The van der Waals surface area contributed by atoms with E-state index in [0.717, 1.165) is 42.7 Å². The van der Waals surface area contributed by atoms with E-state index in [1.54, 1.807) is 31.2 Å². The molecule has 2 aromatic carbocycles. The fourth-order valence-corrected chi connectivity index (χ4v) is 5.76. The Kier molecular flexibility index (Phi) is 10.3. The highest BCUT2D eigenvalue weighted by atomic mass is 35.5. The maximum atomic E-state index is 14.3. The molecule has 0 aliphatic heterocycles. The van der Waals surface area contributed by atoms with Gasteiger partial charge in [0, 0.05) is 30.6 Å². The molecule has 1 N–H and O–H groups in total. The van der Waals surface area contributed by atoms with Gasteiger partial charge in [-0.3, -0.25) is 13.9 Å². The van der Waals surface area contributed by atoms with Gasteiger partial charge in [0.15, 0.2) is 0 Å². The fourth-order valence-electron chi connectivity index (χ4n) is 4.60. The average Bonchev–Trinajstić information content (AvgIpc) is 2.86. The van der Waals surface area contributed by atoms with Gasteiger partial charge in [0.1, 0.15) is 11.9 Å². The van der Waals surface area contributed by atoms with Crippen LogP contribution in [0.15, 0.2) is 48.5 Å². The van der Waals surface area contributed by atoms with E-state index >= 15 is 0 Å². The summed E-state index contributed by atoms with van der Waals surface area (Å²) in [6.07, 6.45) is 6.28. The third kappa shape index (κ3) is 8.17. The molecule has 2 aromatic rings. The zero-order valence-corrected chi connectivity index (χ0v) is 22.9. The van der Waals surface area contributed by atoms with Crippen LogP contribution in [0.25, 0.3) is 0 Å². The molecule has 1 aliphatic rings. The van der Waals surface area contributed by atoms with Crippen LogP contribution in [0, 0.1) is 5.82 Å². The van der Waals surface area contributed by atoms with Crippen LogP contribution in [0.1, 0.15) is 57.4 Å². The summed E-state index contributed by atoms with van der Waals surface area (Å²) < 4.78 is 40.0. The van der Waals surface area contributed by atoms with E-state index in [1.807, 2.05) is 6.07 Å². The fraction of sp³-hybridized carbons (Fsp3) is 0.481. The number of carbonyl (C=O) groups excluding carboxylic acids is 2. The number of sulfonamides is 1. The van der Waals surface area contributed by atoms with Crippen molar-refractivity contribution in [2.24, 2.45) is 0 Å². The molecule has 0 heterocycles. The molecule has 0 bridgehead atoms. The van der Waals surface area contributed by atoms with E-state index in [2.05, 4.69) is 5.32 Å². The lowest BCUT2D eigenvalue weighted by molar-refractivity contribution is -0.141. The minimum atomic E-state index is -3.77. The van der Waals surface area contributed by atoms with E-state index < -0.39 is 21.9 Å². The average molecular weight is 552 g/mol. The Labute approximate surface area is 224 Å². The van der Waals surface area contributed by atoms with E-state index in [0.29, 0.717) is 10.6 Å². The molecule has 1 fully saturated rings. The Morgan fingerprint density at radius 2 is 1.73 bits per heavy atom. The minimum absolute atomic E-state index is 0.0219. The first-order valence-corrected chi connectivity index (χ1v) is 14.9. The molecule has 0 spiro atoms. The molecule has 3 rings (SSSR count). The number of benzene rings is 2. The van der Waals surface area contributed by atoms with Crippen molar-refractivity contribution in [1.82, 2.24) is 10.2 Å². The maximum Gasteiger partial charge on any atom is 0.242 e. The van der Waals surface area contributed by atoms with Crippen LogP contribution in [-0.2, 0) is 26.2 Å². The summed E-state index contributed by atoms with van der Waals surface area (Å²) in [5, 5.41) is 3.57. The summed E-state index contributed by atoms with van der Waals surface area (Å²) in [5.74, 6) is -1.20. The highest BCUT2D eigenvalue weighted by Crippen LogP contribution is 2.24. The van der Waals surface area contributed by atoms with Gasteiger partial charge >= 0.3 is 0 Å². The van der Waals surface area contributed by atoms with Crippen molar-refractivity contribution in [3.05, 3.63) is 64.9 Å². The molecule has 202 valence electrons. The minimum Gasteiger partial charge on any atom is -0.352 e. The number of carbonyl (C=O) groups is 2. The number of hydrogen-bond donors (Lipinski definition) is 1. The zero-order valence-electron chi connectivity index (χ0n) is 21.3. The number of anilines is 1. The van der Waals surface area contributed by atoms with E-state index in [9.17, 15) is 22.4 Å². The van der Waals surface area contributed by atoms with Gasteiger partial charge in [-0.05, 0) is 49.9 Å². The predicted octanol–water partition coefficient (Wildman–Crippen LogP) is 4.89. The Balaban J connectivity index is 1.73. The van der Waals surface area contributed by atoms with Crippen molar-refractivity contribution in [3.8, 4) is 0 Å². The number of para-hydroxylation sites is 1. The SMILES string of the molecule is C[C@@H](C(=O)NC1CCCCC1)N(Cc1ccccc1Cl)C(=O)CCCN(c1ccccc1F)S(C)(=O)=O. The highest BCUT2D eigenvalue weighted by molar-refractivity contribution is 7.92. The van der Waals surface area contributed by atoms with Gasteiger partial charge in [0.25, 0.3) is 0 Å². The number of nitrogens with zero attached hydrogens (tertiary/aromatic N) is 2. The zero-order chi connectivity index (χ0) is 27.0. The molecule has 1 aliphatic carbocycles. The Morgan fingerprint density at radius 1 is 1.08 bits per heavy atom. The second kappa shape index (κ2) is 13.2. The first-order valence-electron chi connectivity index (χ1n) is 12.6. The highest BCUT2D eigenvalue weighted by Gasteiger charge is 2.29. The summed E-state index contributed by atoms with van der Waals surface area (Å²) in [6.45, 7) is 1.75. The molecule has 0 radical (unpaired) electrons. The van der Waals surface area contributed by atoms with Gasteiger partial charge in [0.2, 0.25) is 21.8 Å². The summed E-state index contributed by atoms with van der Waals surface area (Å²) >= 11 is 6.34. The standard InChI is InChI=1S/C27H35ClFN3O4S/c1-20(27(34)30-22-12-4-3-5-13-22)31(19-21-11-6-7-14-23(21)28)26(33)17-10-18-32(37(2,35)36)25-16-9-8-15-24(25)29/h6-9,11,14-16,20,22H,3-5,10,12-13,17-19H2,1-2H3,(H,30,34)/t20-/m0/s1. The topological polar surface area (TPSA) is 86.8 Å². The summed E-state index contributed by atoms with van der Waals surface area (Å²) in [4.78, 5) is 28.0. The van der Waals surface area contributed by atoms with Crippen molar-refractivity contribution in [2.75, 3.05) is 17.1 Å². The van der Waals surface area contributed by atoms with Crippen LogP contribution in [0.4, 0.5) is 10.1 Å². The first-order chi connectivity index (χ1) is 17.6. The van der Waals surface area contributed by atoms with Crippen molar-refractivity contribution < 1.29 is 22.4 Å². The van der Waals surface area contributed by atoms with Gasteiger partial charge < -0.3 is 10.2 Å². The van der Waals surface area contributed by atoms with Gasteiger partial charge in [-0.1, -0.05) is 61.2 Å². The van der Waals surface area contributed by atoms with Gasteiger partial charge in [-0.2, -0.15) is 0 Å². The largest absolute Gasteiger partial charge is 0.352 e. The van der Waals surface area contributed by atoms with Crippen molar-refractivity contribution in [3.63, 3.8) is 0 Å². The molecule has 0 aromatic heterocycles. The Bertz CT molecular complexity index is 1190. The summed E-state index contributed by atoms with van der Waals surface area (Å²) in [5.41, 5.74) is 0.643. The monoisotopic (exact) mass is 551 g/mol. The van der Waals surface area contributed by atoms with Crippen molar-refractivity contribution >= 4 is 39.1 Å². The lowest BCUT2D eigenvalue weighted by atomic mass is 9.95. The second-order valence-corrected chi connectivity index (χ2v) is 11.8. The van der Waals surface area contributed by atoms with Crippen LogP contribution in [0.3, 0.4) is 0 Å². The molecule has 1 saturated carbocycles. The maximum absolute atomic E-state index is 14.3. The summed E-state index contributed by atoms with van der Waals surface area (Å²) in [6, 6.07) is 12.1. The molecular formula is C27H35ClFN3O4S. The number of halogens is 2. The van der Waals surface area contributed by atoms with Crippen LogP contribution in [0.2, 0.25) is 5.02 Å². The molecule has 0 saturated heterocycles. The molecule has 0 unspecified atom stereocenters. The molecule has 7 nitrogen and oxygen atoms in total. The molecule has 10 heteroatoms. The number of hydrogen-bond acceptors (Lipinski definition) is 4. The normalized spacial score (nSPS) is 15.1. The lowest BCUT2D eigenvalue weighted by Gasteiger charge is -2.31. The first kappa shape index (κ1) is 28.9. The smallest absolute Gasteiger partial charge is 0.242 e. The Hall–Kier alpha value is -2.65. The third-order valence-corrected chi connectivity index (χ3v) is 8.24. The van der Waals surface area contributed by atoms with Crippen LogP contribution in [0.5, 0.6) is 0 Å². The summed E-state index contributed by atoms with van der Waals surface area (Å²) in [7, 11) is -3.77. The quantitative estimate of drug-likeness (QED) is 0.431. The van der Waals surface area contributed by atoms with Crippen molar-refractivity contribution in [2.45, 2.75) is 70.5 Å². The number of rotatable bonds is 11. The van der Waals surface area contributed by atoms with Gasteiger partial charge in [0.05, 0.1) is 11.9 Å². The molecular weight excluding hydrogens is 517 g/mol. The van der Waals surface area contributed by atoms with E-state index in [-0.39, 0.29) is 49.5 Å². The third-order valence-electron chi connectivity index (χ3n) is 6.69. The second-order valence-electron chi connectivity index (χ2n) is 9.52. The molecule has 37 heavy (non-hydrogen) atoms. The van der Waals surface area contributed by atoms with Crippen molar-refractivity contribution in [1.29, 1.82) is 0 Å². The number of nitrogens with one attached hydrogen (secondary N) is 1. The molecule has 2 amide bonds.